The summed E-state index contributed by atoms with van der Waals surface area (Å²) in [4.78, 5) is 2.50. The van der Waals surface area contributed by atoms with Crippen molar-refractivity contribution in [1.82, 2.24) is 4.90 Å². The smallest absolute Gasteiger partial charge is 0.0998 e. The summed E-state index contributed by atoms with van der Waals surface area (Å²) in [6.45, 7) is 3.48. The van der Waals surface area contributed by atoms with E-state index >= 15 is 0 Å². The van der Waals surface area contributed by atoms with E-state index in [1.807, 2.05) is 24.3 Å². The van der Waals surface area contributed by atoms with Gasteiger partial charge in [-0.1, -0.05) is 42.5 Å². The minimum Gasteiger partial charge on any atom is -0.299 e. The summed E-state index contributed by atoms with van der Waals surface area (Å²) in [6.07, 6.45) is 2.65. The molecule has 20 heavy (non-hydrogen) atoms. The Bertz CT molecular complexity index is 617. The third-order valence-electron chi connectivity index (χ3n) is 3.92. The van der Waals surface area contributed by atoms with E-state index in [9.17, 15) is 0 Å². The summed E-state index contributed by atoms with van der Waals surface area (Å²) < 4.78 is 0. The van der Waals surface area contributed by atoms with E-state index in [2.05, 4.69) is 35.2 Å². The number of hydrogen-bond donors (Lipinski definition) is 0. The monoisotopic (exact) mass is 262 g/mol. The van der Waals surface area contributed by atoms with Crippen molar-refractivity contribution in [3.8, 4) is 17.2 Å². The summed E-state index contributed by atoms with van der Waals surface area (Å²) in [5.74, 6) is 0. The molecule has 0 unspecified atom stereocenters. The van der Waals surface area contributed by atoms with Crippen LogP contribution in [-0.2, 0) is 6.54 Å². The fourth-order valence-electron chi connectivity index (χ4n) is 2.82. The predicted octanol–water partition coefficient (Wildman–Crippen LogP) is 3.82. The third-order valence-corrected chi connectivity index (χ3v) is 3.92. The van der Waals surface area contributed by atoms with E-state index in [-0.39, 0.29) is 0 Å². The molecule has 2 nitrogen and oxygen atoms in total. The first-order valence-corrected chi connectivity index (χ1v) is 7.17. The van der Waals surface area contributed by atoms with Crippen LogP contribution in [0.1, 0.15) is 24.0 Å². The van der Waals surface area contributed by atoms with Crippen molar-refractivity contribution < 1.29 is 0 Å². The summed E-state index contributed by atoms with van der Waals surface area (Å²) in [5, 5.41) is 9.17. The van der Waals surface area contributed by atoms with Crippen LogP contribution in [0.25, 0.3) is 11.1 Å². The van der Waals surface area contributed by atoms with E-state index < -0.39 is 0 Å². The molecule has 0 amide bonds. The maximum Gasteiger partial charge on any atom is 0.0998 e. The predicted molar refractivity (Wildman–Crippen MR) is 81.1 cm³/mol. The molecule has 2 aromatic carbocycles. The van der Waals surface area contributed by atoms with Gasteiger partial charge in [0.05, 0.1) is 11.6 Å². The third kappa shape index (κ3) is 2.74. The zero-order valence-electron chi connectivity index (χ0n) is 11.5. The van der Waals surface area contributed by atoms with Crippen molar-refractivity contribution in [3.63, 3.8) is 0 Å². The second kappa shape index (κ2) is 5.90. The average Bonchev–Trinajstić information content (AvgIpc) is 3.01. The summed E-state index contributed by atoms with van der Waals surface area (Å²) in [7, 11) is 0. The zero-order chi connectivity index (χ0) is 13.8. The lowest BCUT2D eigenvalue weighted by Gasteiger charge is -2.14. The van der Waals surface area contributed by atoms with Crippen LogP contribution in [0.15, 0.2) is 48.5 Å². The highest BCUT2D eigenvalue weighted by atomic mass is 15.1. The second-order valence-electron chi connectivity index (χ2n) is 5.34. The van der Waals surface area contributed by atoms with E-state index in [0.717, 1.165) is 23.2 Å². The van der Waals surface area contributed by atoms with Gasteiger partial charge in [0, 0.05) is 6.54 Å². The van der Waals surface area contributed by atoms with Gasteiger partial charge in [-0.2, -0.15) is 5.26 Å². The summed E-state index contributed by atoms with van der Waals surface area (Å²) in [6, 6.07) is 18.6. The Morgan fingerprint density at radius 1 is 0.950 bits per heavy atom. The van der Waals surface area contributed by atoms with Crippen LogP contribution in [-0.4, -0.2) is 18.0 Å². The Morgan fingerprint density at radius 2 is 1.65 bits per heavy atom. The topological polar surface area (TPSA) is 27.0 Å². The second-order valence-corrected chi connectivity index (χ2v) is 5.34. The maximum absolute atomic E-state index is 9.17. The molecule has 0 N–H and O–H groups in total. The number of benzene rings is 2. The van der Waals surface area contributed by atoms with Crippen molar-refractivity contribution >= 4 is 0 Å². The number of likely N-dealkylation sites (tertiary alicyclic amines) is 1. The lowest BCUT2D eigenvalue weighted by molar-refractivity contribution is 0.331. The quantitative estimate of drug-likeness (QED) is 0.840. The molecule has 3 rings (SSSR count). The van der Waals surface area contributed by atoms with Crippen LogP contribution >= 0.6 is 0 Å². The van der Waals surface area contributed by atoms with Gasteiger partial charge in [0.15, 0.2) is 0 Å². The van der Waals surface area contributed by atoms with E-state index in [4.69, 9.17) is 5.26 Å². The van der Waals surface area contributed by atoms with Crippen LogP contribution in [0, 0.1) is 11.3 Å². The lowest BCUT2D eigenvalue weighted by Crippen LogP contribution is -2.18. The van der Waals surface area contributed by atoms with Crippen molar-refractivity contribution in [1.29, 1.82) is 5.26 Å². The molecule has 1 saturated heterocycles. The van der Waals surface area contributed by atoms with Gasteiger partial charge in [-0.25, -0.2) is 0 Å². The normalized spacial score (nSPS) is 15.2. The maximum atomic E-state index is 9.17. The van der Waals surface area contributed by atoms with E-state index in [1.165, 1.54) is 31.5 Å². The number of nitriles is 1. The lowest BCUT2D eigenvalue weighted by atomic mass is 9.99. The Hall–Kier alpha value is -2.11. The molecule has 0 atom stereocenters. The Balaban J connectivity index is 1.80. The molecule has 2 aromatic rings. The molecular formula is C18H18N2. The fourth-order valence-corrected chi connectivity index (χ4v) is 2.82. The first-order valence-electron chi connectivity index (χ1n) is 7.17. The highest BCUT2D eigenvalue weighted by Crippen LogP contribution is 2.24. The van der Waals surface area contributed by atoms with Gasteiger partial charge in [-0.3, -0.25) is 4.90 Å². The van der Waals surface area contributed by atoms with Crippen molar-refractivity contribution in [3.05, 3.63) is 59.7 Å². The summed E-state index contributed by atoms with van der Waals surface area (Å²) in [5.41, 5.74) is 4.22. The van der Waals surface area contributed by atoms with Crippen LogP contribution in [0.2, 0.25) is 0 Å². The first kappa shape index (κ1) is 12.9. The largest absolute Gasteiger partial charge is 0.299 e. The molecule has 1 aliphatic heterocycles. The minimum absolute atomic E-state index is 0.736. The van der Waals surface area contributed by atoms with Gasteiger partial charge >= 0.3 is 0 Å². The van der Waals surface area contributed by atoms with E-state index in [1.54, 1.807) is 0 Å². The van der Waals surface area contributed by atoms with Gasteiger partial charge < -0.3 is 0 Å². The molecule has 0 bridgehead atoms. The molecule has 0 aromatic heterocycles. The molecule has 1 fully saturated rings. The van der Waals surface area contributed by atoms with Crippen LogP contribution in [0.3, 0.4) is 0 Å². The Labute approximate surface area is 120 Å². The Morgan fingerprint density at radius 3 is 2.35 bits per heavy atom. The van der Waals surface area contributed by atoms with Gasteiger partial charge in [0.25, 0.3) is 0 Å². The zero-order valence-corrected chi connectivity index (χ0v) is 11.5. The Kier molecular flexibility index (Phi) is 3.80. The molecule has 2 heteroatoms. The van der Waals surface area contributed by atoms with Gasteiger partial charge in [0.1, 0.15) is 0 Å². The van der Waals surface area contributed by atoms with Gasteiger partial charge in [-0.05, 0) is 48.7 Å². The standard InChI is InChI=1S/C18H18N2/c19-13-17-5-1-2-6-18(17)16-9-7-15(8-10-16)14-20-11-3-4-12-20/h1-2,5-10H,3-4,11-12,14H2. The molecule has 0 spiro atoms. The SMILES string of the molecule is N#Cc1ccccc1-c1ccc(CN2CCCC2)cc1. The minimum atomic E-state index is 0.736. The summed E-state index contributed by atoms with van der Waals surface area (Å²) >= 11 is 0. The van der Waals surface area contributed by atoms with Crippen LogP contribution < -0.4 is 0 Å². The molecule has 0 saturated carbocycles. The van der Waals surface area contributed by atoms with Crippen molar-refractivity contribution in [2.75, 3.05) is 13.1 Å². The number of rotatable bonds is 3. The van der Waals surface area contributed by atoms with Crippen LogP contribution in [0.4, 0.5) is 0 Å². The number of nitrogens with zero attached hydrogens (tertiary/aromatic N) is 2. The fraction of sp³-hybridized carbons (Fsp3) is 0.278. The molecule has 100 valence electrons. The van der Waals surface area contributed by atoms with E-state index in [0.29, 0.717) is 0 Å². The molecule has 0 radical (unpaired) electrons. The highest BCUT2D eigenvalue weighted by molar-refractivity contribution is 5.70. The van der Waals surface area contributed by atoms with Gasteiger partial charge in [-0.15, -0.1) is 0 Å². The van der Waals surface area contributed by atoms with Gasteiger partial charge in [0.2, 0.25) is 0 Å². The first-order chi connectivity index (χ1) is 9.86. The molecular weight excluding hydrogens is 244 g/mol. The molecule has 1 aliphatic rings. The number of hydrogen-bond acceptors (Lipinski definition) is 2. The average molecular weight is 262 g/mol. The van der Waals surface area contributed by atoms with Crippen molar-refractivity contribution in [2.24, 2.45) is 0 Å². The highest BCUT2D eigenvalue weighted by Gasteiger charge is 2.11. The molecule has 1 heterocycles. The van der Waals surface area contributed by atoms with Crippen molar-refractivity contribution in [2.45, 2.75) is 19.4 Å². The molecule has 0 aliphatic carbocycles. The van der Waals surface area contributed by atoms with Crippen LogP contribution in [0.5, 0.6) is 0 Å².